The molecule has 0 aromatic heterocycles. The SMILES string of the molecule is CC1=C(C(=O)OCC(C)C)C(c2cccc([N+](=O)[O-])c2)C(C(=O)[C@]2(O)CO[C@@H]3[C@H](O[N+](=O)[O-])CO[C@@H]32)=C(C)N1. The van der Waals surface area contributed by atoms with Crippen LogP contribution in [-0.4, -0.2) is 70.6 Å². The second-order valence-electron chi connectivity index (χ2n) is 10.1. The molecule has 5 atom stereocenters. The Morgan fingerprint density at radius 3 is 2.51 bits per heavy atom. The van der Waals surface area contributed by atoms with E-state index in [0.29, 0.717) is 11.4 Å². The molecule has 0 radical (unpaired) electrons. The molecule has 0 spiro atoms. The maximum atomic E-state index is 14.2. The Balaban J connectivity index is 1.78. The van der Waals surface area contributed by atoms with Gasteiger partial charge in [0.15, 0.2) is 17.5 Å². The highest BCUT2D eigenvalue weighted by Crippen LogP contribution is 2.45. The van der Waals surface area contributed by atoms with Crippen LogP contribution in [0, 0.1) is 26.1 Å². The molecule has 39 heavy (non-hydrogen) atoms. The minimum Gasteiger partial charge on any atom is -0.462 e. The number of fused-ring (bicyclic) bond motifs is 1. The molecule has 2 saturated heterocycles. The van der Waals surface area contributed by atoms with Gasteiger partial charge in [0, 0.05) is 35.0 Å². The zero-order valence-electron chi connectivity index (χ0n) is 21.7. The van der Waals surface area contributed by atoms with E-state index in [1.54, 1.807) is 13.8 Å². The lowest BCUT2D eigenvalue weighted by Gasteiger charge is -2.35. The number of nitro groups is 1. The highest BCUT2D eigenvalue weighted by atomic mass is 17.0. The van der Waals surface area contributed by atoms with Crippen molar-refractivity contribution in [2.24, 2.45) is 5.92 Å². The quantitative estimate of drug-likeness (QED) is 0.259. The summed E-state index contributed by atoms with van der Waals surface area (Å²) in [6.07, 6.45) is -3.53. The fourth-order valence-corrected chi connectivity index (χ4v) is 5.16. The number of nitro benzene ring substituents is 1. The van der Waals surface area contributed by atoms with Crippen LogP contribution in [0.5, 0.6) is 0 Å². The Bertz CT molecular complexity index is 1270. The summed E-state index contributed by atoms with van der Waals surface area (Å²) in [5, 5.41) is 36.0. The van der Waals surface area contributed by atoms with Gasteiger partial charge in [-0.15, -0.1) is 10.1 Å². The van der Waals surface area contributed by atoms with E-state index >= 15 is 0 Å². The normalized spacial score (nSPS) is 28.3. The van der Waals surface area contributed by atoms with Gasteiger partial charge < -0.3 is 29.5 Å². The molecule has 1 aromatic carbocycles. The molecule has 14 heteroatoms. The van der Waals surface area contributed by atoms with Gasteiger partial charge in [-0.05, 0) is 25.3 Å². The number of hydrogen-bond donors (Lipinski definition) is 2. The van der Waals surface area contributed by atoms with Gasteiger partial charge in [-0.3, -0.25) is 14.9 Å². The lowest BCUT2D eigenvalue weighted by Crippen LogP contribution is -2.53. The van der Waals surface area contributed by atoms with Crippen molar-refractivity contribution in [3.63, 3.8) is 0 Å². The molecule has 2 fully saturated rings. The first-order valence-electron chi connectivity index (χ1n) is 12.3. The highest BCUT2D eigenvalue weighted by molar-refractivity contribution is 6.08. The molecule has 0 bridgehead atoms. The Labute approximate surface area is 222 Å². The summed E-state index contributed by atoms with van der Waals surface area (Å²) >= 11 is 0. The number of dihydropyridines is 1. The number of carbonyl (C=O) groups excluding carboxylic acids is 2. The molecule has 210 valence electrons. The van der Waals surface area contributed by atoms with Crippen LogP contribution in [0.2, 0.25) is 0 Å². The number of esters is 1. The maximum absolute atomic E-state index is 14.2. The van der Waals surface area contributed by atoms with Gasteiger partial charge in [0.25, 0.3) is 10.8 Å². The fraction of sp³-hybridized carbons (Fsp3) is 0.520. The predicted molar refractivity (Wildman–Crippen MR) is 131 cm³/mol. The molecule has 3 aliphatic heterocycles. The van der Waals surface area contributed by atoms with Gasteiger partial charge in [0.2, 0.25) is 0 Å². The summed E-state index contributed by atoms with van der Waals surface area (Å²) in [6.45, 7) is 6.15. The number of carbonyl (C=O) groups is 2. The van der Waals surface area contributed by atoms with Crippen LogP contribution < -0.4 is 5.32 Å². The van der Waals surface area contributed by atoms with Crippen molar-refractivity contribution in [1.82, 2.24) is 5.32 Å². The summed E-state index contributed by atoms with van der Waals surface area (Å²) in [4.78, 5) is 53.9. The van der Waals surface area contributed by atoms with E-state index in [1.807, 2.05) is 13.8 Å². The van der Waals surface area contributed by atoms with Gasteiger partial charge in [-0.2, -0.15) is 0 Å². The molecule has 0 aliphatic carbocycles. The number of Topliss-reactive ketones (excluding diaryl/α,β-unsaturated/α-hetero) is 1. The molecule has 3 aliphatic rings. The van der Waals surface area contributed by atoms with Gasteiger partial charge >= 0.3 is 5.97 Å². The summed E-state index contributed by atoms with van der Waals surface area (Å²) in [7, 11) is 0. The minimum atomic E-state index is -2.28. The smallest absolute Gasteiger partial charge is 0.336 e. The van der Waals surface area contributed by atoms with Crippen molar-refractivity contribution in [3.05, 3.63) is 72.6 Å². The number of nitrogens with one attached hydrogen (secondary N) is 1. The second kappa shape index (κ2) is 10.7. The zero-order chi connectivity index (χ0) is 28.6. The van der Waals surface area contributed by atoms with Gasteiger partial charge in [-0.1, -0.05) is 26.0 Å². The standard InChI is InChI=1S/C25H29N3O11/c1-12(2)9-37-24(30)19-14(4)26-13(3)18(20(19)15-6-5-7-16(8-15)27(32)33)22(29)25(31)11-38-21-17(39-28(34)35)10-36-23(21)25/h5-8,12,17,20-21,23,26,31H,9-11H2,1-4H3/t17-,20?,21-,23+,25-/m1/s1. The number of benzene rings is 1. The first-order chi connectivity index (χ1) is 18.3. The summed E-state index contributed by atoms with van der Waals surface area (Å²) in [6, 6.07) is 5.51. The Hall–Kier alpha value is -3.88. The average molecular weight is 548 g/mol. The number of rotatable bonds is 9. The van der Waals surface area contributed by atoms with Crippen LogP contribution in [0.3, 0.4) is 0 Å². The minimum absolute atomic E-state index is 0.0168. The summed E-state index contributed by atoms with van der Waals surface area (Å²) in [5.41, 5.74) is -1.62. The van der Waals surface area contributed by atoms with Crippen LogP contribution in [0.25, 0.3) is 0 Å². The summed E-state index contributed by atoms with van der Waals surface area (Å²) < 4.78 is 16.6. The van der Waals surface area contributed by atoms with Crippen LogP contribution in [0.4, 0.5) is 5.69 Å². The first-order valence-corrected chi connectivity index (χ1v) is 12.3. The average Bonchev–Trinajstić information content (AvgIpc) is 3.42. The van der Waals surface area contributed by atoms with Gasteiger partial charge in [-0.25, -0.2) is 4.79 Å². The molecule has 1 aromatic rings. The van der Waals surface area contributed by atoms with Crippen molar-refractivity contribution in [2.45, 2.75) is 57.5 Å². The van der Waals surface area contributed by atoms with Crippen molar-refractivity contribution in [1.29, 1.82) is 0 Å². The van der Waals surface area contributed by atoms with Crippen LogP contribution in [0.15, 0.2) is 46.8 Å². The molecular weight excluding hydrogens is 518 g/mol. The Kier molecular flexibility index (Phi) is 7.73. The summed E-state index contributed by atoms with van der Waals surface area (Å²) in [5.74, 6) is -2.72. The van der Waals surface area contributed by atoms with E-state index in [0.717, 1.165) is 0 Å². The van der Waals surface area contributed by atoms with Crippen LogP contribution in [0.1, 0.15) is 39.2 Å². The Morgan fingerprint density at radius 2 is 1.87 bits per heavy atom. The third-order valence-electron chi connectivity index (χ3n) is 6.87. The number of non-ortho nitro benzene ring substituents is 1. The van der Waals surface area contributed by atoms with E-state index in [4.69, 9.17) is 14.2 Å². The maximum Gasteiger partial charge on any atom is 0.336 e. The molecular formula is C25H29N3O11. The van der Waals surface area contributed by atoms with Crippen molar-refractivity contribution in [3.8, 4) is 0 Å². The van der Waals surface area contributed by atoms with E-state index in [1.165, 1.54) is 24.3 Å². The predicted octanol–water partition coefficient (Wildman–Crippen LogP) is 1.70. The molecule has 4 rings (SSSR count). The number of ether oxygens (including phenoxy) is 3. The molecule has 14 nitrogen and oxygen atoms in total. The largest absolute Gasteiger partial charge is 0.462 e. The van der Waals surface area contributed by atoms with E-state index in [2.05, 4.69) is 10.2 Å². The third kappa shape index (κ3) is 5.22. The van der Waals surface area contributed by atoms with Gasteiger partial charge in [0.05, 0.1) is 30.3 Å². The lowest BCUT2D eigenvalue weighted by molar-refractivity contribution is -0.769. The van der Waals surface area contributed by atoms with Gasteiger partial charge in [0.1, 0.15) is 12.2 Å². The second-order valence-corrected chi connectivity index (χ2v) is 10.1. The molecule has 0 saturated carbocycles. The number of nitrogens with zero attached hydrogens (tertiary/aromatic N) is 2. The molecule has 2 N–H and O–H groups in total. The van der Waals surface area contributed by atoms with Crippen molar-refractivity contribution >= 4 is 17.4 Å². The van der Waals surface area contributed by atoms with Crippen LogP contribution >= 0.6 is 0 Å². The van der Waals surface area contributed by atoms with E-state index in [9.17, 15) is 34.9 Å². The number of aliphatic hydroxyl groups is 1. The lowest BCUT2D eigenvalue weighted by atomic mass is 9.74. The van der Waals surface area contributed by atoms with Crippen molar-refractivity contribution in [2.75, 3.05) is 19.8 Å². The molecule has 3 heterocycles. The Morgan fingerprint density at radius 1 is 1.18 bits per heavy atom. The van der Waals surface area contributed by atoms with E-state index < -0.39 is 58.2 Å². The fourth-order valence-electron chi connectivity index (χ4n) is 5.16. The number of ketones is 1. The molecule has 1 unspecified atom stereocenters. The number of allylic oxidation sites excluding steroid dienone is 2. The zero-order valence-corrected chi connectivity index (χ0v) is 21.7. The topological polar surface area (TPSA) is 190 Å². The van der Waals surface area contributed by atoms with Crippen LogP contribution in [-0.2, 0) is 28.6 Å². The third-order valence-corrected chi connectivity index (χ3v) is 6.87. The highest BCUT2D eigenvalue weighted by Gasteiger charge is 2.62. The monoisotopic (exact) mass is 547 g/mol. The van der Waals surface area contributed by atoms with Crippen molar-refractivity contribution < 1.29 is 43.8 Å². The molecule has 0 amide bonds. The number of hydrogen-bond acceptors (Lipinski definition) is 12. The first kappa shape index (κ1) is 28.1. The van der Waals surface area contributed by atoms with E-state index in [-0.39, 0.29) is 41.5 Å².